The summed E-state index contributed by atoms with van der Waals surface area (Å²) in [6.45, 7) is 0.542. The summed E-state index contributed by atoms with van der Waals surface area (Å²) < 4.78 is 6.83. The smallest absolute Gasteiger partial charge is 0.163 e. The molecule has 0 radical (unpaired) electrons. The molecule has 0 aromatic heterocycles. The molecule has 0 saturated carbocycles. The molecule has 2 aromatic carbocycles. The first kappa shape index (κ1) is 12.4. The Hall–Kier alpha value is -1.61. The molecule has 19 heavy (non-hydrogen) atoms. The van der Waals surface area contributed by atoms with Gasteiger partial charge >= 0.3 is 0 Å². The lowest BCUT2D eigenvalue weighted by Gasteiger charge is -2.08. The van der Waals surface area contributed by atoms with Gasteiger partial charge < -0.3 is 4.74 Å². The summed E-state index contributed by atoms with van der Waals surface area (Å²) in [5, 5.41) is 0. The Bertz CT molecular complexity index is 617. The predicted octanol–water partition coefficient (Wildman–Crippen LogP) is 4.16. The van der Waals surface area contributed by atoms with Gasteiger partial charge in [0.25, 0.3) is 0 Å². The minimum atomic E-state index is 0.245. The maximum atomic E-state index is 11.5. The maximum Gasteiger partial charge on any atom is 0.163 e. The number of carbonyl (C=O) groups is 1. The van der Waals surface area contributed by atoms with Gasteiger partial charge in [-0.3, -0.25) is 4.79 Å². The average molecular weight is 317 g/mol. The number of ether oxygens (including phenoxy) is 1. The highest BCUT2D eigenvalue weighted by Gasteiger charge is 2.19. The van der Waals surface area contributed by atoms with Crippen molar-refractivity contribution in [2.24, 2.45) is 0 Å². The first-order chi connectivity index (χ1) is 9.22. The van der Waals surface area contributed by atoms with E-state index in [9.17, 15) is 4.79 Å². The highest BCUT2D eigenvalue weighted by Crippen LogP contribution is 2.26. The van der Waals surface area contributed by atoms with Crippen LogP contribution in [0.15, 0.2) is 46.9 Å². The zero-order valence-electron chi connectivity index (χ0n) is 10.4. The largest absolute Gasteiger partial charge is 0.489 e. The highest BCUT2D eigenvalue weighted by atomic mass is 79.9. The Kier molecular flexibility index (Phi) is 3.38. The molecule has 0 N–H and O–H groups in total. The summed E-state index contributed by atoms with van der Waals surface area (Å²) in [5.41, 5.74) is 3.09. The van der Waals surface area contributed by atoms with Gasteiger partial charge in [0.05, 0.1) is 0 Å². The van der Waals surface area contributed by atoms with Crippen LogP contribution in [-0.2, 0) is 13.0 Å². The molecule has 0 amide bonds. The number of benzene rings is 2. The van der Waals surface area contributed by atoms with E-state index in [2.05, 4.69) is 15.9 Å². The third-order valence-electron chi connectivity index (χ3n) is 3.32. The topological polar surface area (TPSA) is 26.3 Å². The molecule has 0 saturated heterocycles. The normalized spacial score (nSPS) is 13.4. The van der Waals surface area contributed by atoms with Gasteiger partial charge in [0.15, 0.2) is 5.78 Å². The van der Waals surface area contributed by atoms with Crippen molar-refractivity contribution in [2.45, 2.75) is 19.4 Å². The number of rotatable bonds is 3. The average Bonchev–Trinajstić information content (AvgIpc) is 2.79. The van der Waals surface area contributed by atoms with Crippen molar-refractivity contribution in [2.75, 3.05) is 0 Å². The predicted molar refractivity (Wildman–Crippen MR) is 77.6 cm³/mol. The van der Waals surface area contributed by atoms with Gasteiger partial charge in [-0.2, -0.15) is 0 Å². The monoisotopic (exact) mass is 316 g/mol. The van der Waals surface area contributed by atoms with Gasteiger partial charge in [0, 0.05) is 16.5 Å². The fraction of sp³-hybridized carbons (Fsp3) is 0.188. The van der Waals surface area contributed by atoms with E-state index in [0.29, 0.717) is 13.0 Å². The fourth-order valence-corrected chi connectivity index (χ4v) is 2.53. The number of aryl methyl sites for hydroxylation is 1. The van der Waals surface area contributed by atoms with Crippen molar-refractivity contribution >= 4 is 21.7 Å². The summed E-state index contributed by atoms with van der Waals surface area (Å²) in [6.07, 6.45) is 1.47. The highest BCUT2D eigenvalue weighted by molar-refractivity contribution is 9.10. The van der Waals surface area contributed by atoms with Crippen LogP contribution < -0.4 is 4.74 Å². The lowest BCUT2D eigenvalue weighted by Crippen LogP contribution is -1.96. The molecule has 2 aromatic rings. The zero-order chi connectivity index (χ0) is 13.2. The van der Waals surface area contributed by atoms with E-state index in [1.807, 2.05) is 42.5 Å². The Balaban J connectivity index is 1.71. The van der Waals surface area contributed by atoms with Crippen LogP contribution in [0.4, 0.5) is 0 Å². The van der Waals surface area contributed by atoms with E-state index in [-0.39, 0.29) is 5.78 Å². The number of hydrogen-bond acceptors (Lipinski definition) is 2. The minimum absolute atomic E-state index is 0.245. The number of fused-ring (bicyclic) bond motifs is 1. The molecule has 1 aliphatic rings. The SMILES string of the molecule is O=C1CCc2cc(OCc3ccc(Br)cc3)ccc21. The molecule has 96 valence electrons. The van der Waals surface area contributed by atoms with Gasteiger partial charge in [0.2, 0.25) is 0 Å². The summed E-state index contributed by atoms with van der Waals surface area (Å²) in [7, 11) is 0. The number of ketones is 1. The Morgan fingerprint density at radius 2 is 1.84 bits per heavy atom. The number of carbonyl (C=O) groups excluding carboxylic acids is 1. The fourth-order valence-electron chi connectivity index (χ4n) is 2.27. The Labute approximate surface area is 120 Å². The zero-order valence-corrected chi connectivity index (χ0v) is 11.9. The third kappa shape index (κ3) is 2.71. The third-order valence-corrected chi connectivity index (χ3v) is 3.85. The lowest BCUT2D eigenvalue weighted by molar-refractivity contribution is 0.0994. The second-order valence-electron chi connectivity index (χ2n) is 4.66. The maximum absolute atomic E-state index is 11.5. The van der Waals surface area contributed by atoms with Crippen molar-refractivity contribution in [1.82, 2.24) is 0 Å². The van der Waals surface area contributed by atoms with Crippen LogP contribution in [0.1, 0.15) is 27.9 Å². The van der Waals surface area contributed by atoms with Gasteiger partial charge in [-0.05, 0) is 47.9 Å². The van der Waals surface area contributed by atoms with Gasteiger partial charge in [-0.1, -0.05) is 28.1 Å². The molecule has 0 bridgehead atoms. The Morgan fingerprint density at radius 3 is 2.63 bits per heavy atom. The van der Waals surface area contributed by atoms with Crippen LogP contribution in [0.2, 0.25) is 0 Å². The van der Waals surface area contributed by atoms with Crippen molar-refractivity contribution in [3.63, 3.8) is 0 Å². The van der Waals surface area contributed by atoms with Crippen molar-refractivity contribution < 1.29 is 9.53 Å². The van der Waals surface area contributed by atoms with Crippen LogP contribution in [-0.4, -0.2) is 5.78 Å². The molecular weight excluding hydrogens is 304 g/mol. The molecule has 0 atom stereocenters. The molecule has 0 heterocycles. The second kappa shape index (κ2) is 5.17. The van der Waals surface area contributed by atoms with E-state index in [0.717, 1.165) is 33.3 Å². The van der Waals surface area contributed by atoms with Crippen molar-refractivity contribution in [3.05, 3.63) is 63.6 Å². The molecule has 0 aliphatic heterocycles. The van der Waals surface area contributed by atoms with Crippen LogP contribution >= 0.6 is 15.9 Å². The first-order valence-corrected chi connectivity index (χ1v) is 7.05. The molecule has 2 nitrogen and oxygen atoms in total. The second-order valence-corrected chi connectivity index (χ2v) is 5.57. The minimum Gasteiger partial charge on any atom is -0.489 e. The lowest BCUT2D eigenvalue weighted by atomic mass is 10.1. The van der Waals surface area contributed by atoms with Crippen LogP contribution in [0.3, 0.4) is 0 Å². The molecule has 3 rings (SSSR count). The Morgan fingerprint density at radius 1 is 1.05 bits per heavy atom. The van der Waals surface area contributed by atoms with Gasteiger partial charge in [-0.25, -0.2) is 0 Å². The molecule has 0 unspecified atom stereocenters. The van der Waals surface area contributed by atoms with E-state index < -0.39 is 0 Å². The van der Waals surface area contributed by atoms with E-state index in [1.54, 1.807) is 0 Å². The standard InChI is InChI=1S/C16H13BrO2/c17-13-4-1-11(2-5-13)10-19-14-6-7-15-12(9-14)3-8-16(15)18/h1-2,4-7,9H,3,8,10H2. The molecule has 1 aliphatic carbocycles. The van der Waals surface area contributed by atoms with Gasteiger partial charge in [0.1, 0.15) is 12.4 Å². The van der Waals surface area contributed by atoms with Crippen LogP contribution in [0.25, 0.3) is 0 Å². The quantitative estimate of drug-likeness (QED) is 0.850. The van der Waals surface area contributed by atoms with Crippen molar-refractivity contribution in [3.8, 4) is 5.75 Å². The summed E-state index contributed by atoms with van der Waals surface area (Å²) in [5.74, 6) is 1.07. The number of Topliss-reactive ketones (excluding diaryl/α,β-unsaturated/α-hetero) is 1. The van der Waals surface area contributed by atoms with Crippen molar-refractivity contribution in [1.29, 1.82) is 0 Å². The summed E-state index contributed by atoms with van der Waals surface area (Å²) in [6, 6.07) is 13.8. The molecular formula is C16H13BrO2. The molecule has 0 fully saturated rings. The summed E-state index contributed by atoms with van der Waals surface area (Å²) in [4.78, 5) is 11.5. The summed E-state index contributed by atoms with van der Waals surface area (Å²) >= 11 is 3.41. The molecule has 0 spiro atoms. The first-order valence-electron chi connectivity index (χ1n) is 6.26. The number of halogens is 1. The molecule has 3 heteroatoms. The van der Waals surface area contributed by atoms with E-state index in [4.69, 9.17) is 4.74 Å². The number of hydrogen-bond donors (Lipinski definition) is 0. The van der Waals surface area contributed by atoms with E-state index >= 15 is 0 Å². The van der Waals surface area contributed by atoms with Crippen LogP contribution in [0, 0.1) is 0 Å². The van der Waals surface area contributed by atoms with Gasteiger partial charge in [-0.15, -0.1) is 0 Å². The van der Waals surface area contributed by atoms with E-state index in [1.165, 1.54) is 0 Å². The van der Waals surface area contributed by atoms with Crippen LogP contribution in [0.5, 0.6) is 5.75 Å².